The van der Waals surface area contributed by atoms with Gasteiger partial charge in [0.15, 0.2) is 0 Å². The topological polar surface area (TPSA) is 61.2 Å². The lowest BCUT2D eigenvalue weighted by Crippen LogP contribution is -2.22. The van der Waals surface area contributed by atoms with Gasteiger partial charge in [-0.15, -0.1) is 0 Å². The van der Waals surface area contributed by atoms with Crippen LogP contribution in [0, 0.1) is 0 Å². The van der Waals surface area contributed by atoms with E-state index in [1.165, 1.54) is 17.9 Å². The van der Waals surface area contributed by atoms with Gasteiger partial charge in [0.25, 0.3) is 5.56 Å². The van der Waals surface area contributed by atoms with Crippen LogP contribution in [0.4, 0.5) is 0 Å². The van der Waals surface area contributed by atoms with Gasteiger partial charge < -0.3 is 9.30 Å². The summed E-state index contributed by atoms with van der Waals surface area (Å²) in [5.74, 6) is -0.335. The number of hydrogen-bond donors (Lipinski definition) is 0. The van der Waals surface area contributed by atoms with Crippen molar-refractivity contribution >= 4 is 17.0 Å². The van der Waals surface area contributed by atoms with Gasteiger partial charge in [0, 0.05) is 6.54 Å². The van der Waals surface area contributed by atoms with Gasteiger partial charge in [-0.25, -0.2) is 4.98 Å². The number of nitrogens with zero attached hydrogens (tertiary/aromatic N) is 2. The van der Waals surface area contributed by atoms with Gasteiger partial charge in [0.05, 0.1) is 30.8 Å². The molecule has 88 valence electrons. The Morgan fingerprint density at radius 1 is 1.41 bits per heavy atom. The molecule has 0 saturated heterocycles. The Bertz CT molecular complexity index is 604. The summed E-state index contributed by atoms with van der Waals surface area (Å²) in [5.41, 5.74) is 1.24. The normalized spacial score (nSPS) is 10.4. The highest BCUT2D eigenvalue weighted by atomic mass is 16.5. The number of aryl methyl sites for hydroxylation is 1. The highest BCUT2D eigenvalue weighted by molar-refractivity contribution is 5.74. The zero-order valence-corrected chi connectivity index (χ0v) is 9.42. The Labute approximate surface area is 97.7 Å². The second-order valence-electron chi connectivity index (χ2n) is 3.56. The van der Waals surface area contributed by atoms with Crippen LogP contribution < -0.4 is 5.56 Å². The van der Waals surface area contributed by atoms with E-state index >= 15 is 0 Å². The van der Waals surface area contributed by atoms with Crippen molar-refractivity contribution in [3.63, 3.8) is 0 Å². The average molecular weight is 232 g/mol. The largest absolute Gasteiger partial charge is 0.469 e. The fourth-order valence-corrected chi connectivity index (χ4v) is 1.65. The Balaban J connectivity index is 2.41. The van der Waals surface area contributed by atoms with Crippen LogP contribution >= 0.6 is 0 Å². The zero-order valence-electron chi connectivity index (χ0n) is 9.42. The van der Waals surface area contributed by atoms with Crippen molar-refractivity contribution in [3.05, 3.63) is 40.8 Å². The summed E-state index contributed by atoms with van der Waals surface area (Å²) in [6.07, 6.45) is 1.43. The van der Waals surface area contributed by atoms with Crippen molar-refractivity contribution in [1.29, 1.82) is 0 Å². The van der Waals surface area contributed by atoms with Crippen molar-refractivity contribution in [3.8, 4) is 0 Å². The summed E-state index contributed by atoms with van der Waals surface area (Å²) >= 11 is 0. The summed E-state index contributed by atoms with van der Waals surface area (Å²) in [4.78, 5) is 26.8. The summed E-state index contributed by atoms with van der Waals surface area (Å²) in [7, 11) is 1.33. The highest BCUT2D eigenvalue weighted by Gasteiger charge is 2.06. The second-order valence-corrected chi connectivity index (χ2v) is 3.56. The second kappa shape index (κ2) is 4.78. The Morgan fingerprint density at radius 3 is 2.94 bits per heavy atom. The predicted molar refractivity (Wildman–Crippen MR) is 62.6 cm³/mol. The van der Waals surface area contributed by atoms with Gasteiger partial charge in [0.2, 0.25) is 0 Å². The Morgan fingerprint density at radius 2 is 2.18 bits per heavy atom. The number of benzene rings is 1. The quantitative estimate of drug-likeness (QED) is 0.739. The molecule has 1 aromatic carbocycles. The molecule has 1 heterocycles. The van der Waals surface area contributed by atoms with Gasteiger partial charge in [-0.1, -0.05) is 12.1 Å². The minimum absolute atomic E-state index is 0.171. The van der Waals surface area contributed by atoms with Crippen LogP contribution in [0.5, 0.6) is 0 Å². The molecule has 0 saturated carbocycles. The molecule has 2 aromatic rings. The number of rotatable bonds is 3. The number of para-hydroxylation sites is 2. The molecule has 0 spiro atoms. The number of ether oxygens (including phenoxy) is 1. The molecule has 0 amide bonds. The molecule has 17 heavy (non-hydrogen) atoms. The fraction of sp³-hybridized carbons (Fsp3) is 0.250. The third kappa shape index (κ3) is 2.33. The highest BCUT2D eigenvalue weighted by Crippen LogP contribution is 2.08. The van der Waals surface area contributed by atoms with Crippen LogP contribution in [0.1, 0.15) is 6.42 Å². The zero-order chi connectivity index (χ0) is 12.3. The first kappa shape index (κ1) is 11.3. The number of esters is 1. The Kier molecular flexibility index (Phi) is 3.18. The summed E-state index contributed by atoms with van der Waals surface area (Å²) in [6.45, 7) is 0.300. The smallest absolute Gasteiger partial charge is 0.307 e. The number of fused-ring (bicyclic) bond motifs is 1. The molecule has 0 aliphatic carbocycles. The van der Waals surface area contributed by atoms with Crippen molar-refractivity contribution in [2.75, 3.05) is 7.11 Å². The number of methoxy groups -OCH3 is 1. The average Bonchev–Trinajstić information content (AvgIpc) is 2.37. The molecule has 0 atom stereocenters. The third-order valence-corrected chi connectivity index (χ3v) is 2.52. The molecule has 0 unspecified atom stereocenters. The van der Waals surface area contributed by atoms with Gasteiger partial charge in [0.1, 0.15) is 0 Å². The third-order valence-electron chi connectivity index (χ3n) is 2.52. The maximum absolute atomic E-state index is 11.7. The molecule has 0 aliphatic heterocycles. The molecule has 0 aliphatic rings. The molecular formula is C12H12N2O3. The van der Waals surface area contributed by atoms with Crippen molar-refractivity contribution < 1.29 is 9.53 Å². The van der Waals surface area contributed by atoms with Crippen LogP contribution in [0.25, 0.3) is 11.0 Å². The van der Waals surface area contributed by atoms with E-state index in [2.05, 4.69) is 9.72 Å². The van der Waals surface area contributed by atoms with Crippen LogP contribution in [0.2, 0.25) is 0 Å². The molecule has 0 bridgehead atoms. The molecule has 0 fully saturated rings. The summed E-state index contributed by atoms with van der Waals surface area (Å²) in [6, 6.07) is 7.31. The monoisotopic (exact) mass is 232 g/mol. The standard InChI is InChI=1S/C12H12N2O3/c1-17-12(16)6-7-14-10-5-3-2-4-9(10)13-8-11(14)15/h2-5,8H,6-7H2,1H3. The minimum atomic E-state index is -0.335. The lowest BCUT2D eigenvalue weighted by atomic mass is 10.3. The van der Waals surface area contributed by atoms with Gasteiger partial charge >= 0.3 is 5.97 Å². The molecule has 0 N–H and O–H groups in total. The number of carbonyl (C=O) groups excluding carboxylic acids is 1. The van der Waals surface area contributed by atoms with Gasteiger partial charge in [-0.05, 0) is 12.1 Å². The van der Waals surface area contributed by atoms with E-state index in [1.807, 2.05) is 18.2 Å². The van der Waals surface area contributed by atoms with Crippen LogP contribution in [-0.4, -0.2) is 22.6 Å². The maximum atomic E-state index is 11.7. The lowest BCUT2D eigenvalue weighted by Gasteiger charge is -2.08. The molecular weight excluding hydrogens is 220 g/mol. The molecule has 5 heteroatoms. The van der Waals surface area contributed by atoms with Crippen LogP contribution in [0.15, 0.2) is 35.3 Å². The number of aromatic nitrogens is 2. The molecule has 1 aromatic heterocycles. The predicted octanol–water partition coefficient (Wildman–Crippen LogP) is 0.960. The van der Waals surface area contributed by atoms with E-state index in [-0.39, 0.29) is 17.9 Å². The first-order valence-electron chi connectivity index (χ1n) is 5.24. The Hall–Kier alpha value is -2.17. The van der Waals surface area contributed by atoms with Crippen LogP contribution in [0.3, 0.4) is 0 Å². The van der Waals surface area contributed by atoms with E-state index in [0.29, 0.717) is 6.54 Å². The number of carbonyl (C=O) groups is 1. The molecule has 0 radical (unpaired) electrons. The van der Waals surface area contributed by atoms with E-state index in [4.69, 9.17) is 0 Å². The van der Waals surface area contributed by atoms with E-state index in [0.717, 1.165) is 11.0 Å². The van der Waals surface area contributed by atoms with Crippen molar-refractivity contribution in [2.45, 2.75) is 13.0 Å². The first-order valence-corrected chi connectivity index (χ1v) is 5.24. The summed E-state index contributed by atoms with van der Waals surface area (Å²) in [5, 5.41) is 0. The van der Waals surface area contributed by atoms with E-state index < -0.39 is 0 Å². The van der Waals surface area contributed by atoms with Gasteiger partial charge in [-0.2, -0.15) is 0 Å². The van der Waals surface area contributed by atoms with Gasteiger partial charge in [-0.3, -0.25) is 9.59 Å². The molecule has 5 nitrogen and oxygen atoms in total. The summed E-state index contributed by atoms with van der Waals surface area (Å²) < 4.78 is 6.08. The van der Waals surface area contributed by atoms with E-state index in [1.54, 1.807) is 6.07 Å². The maximum Gasteiger partial charge on any atom is 0.307 e. The fourth-order valence-electron chi connectivity index (χ4n) is 1.65. The van der Waals surface area contributed by atoms with E-state index in [9.17, 15) is 9.59 Å². The van der Waals surface area contributed by atoms with Crippen molar-refractivity contribution in [2.24, 2.45) is 0 Å². The first-order chi connectivity index (χ1) is 8.22. The van der Waals surface area contributed by atoms with Crippen molar-refractivity contribution in [1.82, 2.24) is 9.55 Å². The minimum Gasteiger partial charge on any atom is -0.469 e. The lowest BCUT2D eigenvalue weighted by molar-refractivity contribution is -0.140. The number of hydrogen-bond acceptors (Lipinski definition) is 4. The van der Waals surface area contributed by atoms with Crippen LogP contribution in [-0.2, 0) is 16.1 Å². The SMILES string of the molecule is COC(=O)CCn1c(=O)cnc2ccccc21. The molecule has 2 rings (SSSR count).